The van der Waals surface area contributed by atoms with Crippen LogP contribution in [0.3, 0.4) is 0 Å². The molecule has 48 valence electrons. The SMILES string of the molecule is [B][C@H]1CC[C@H]1NC(C)=O. The molecule has 0 heterocycles. The van der Waals surface area contributed by atoms with Crippen LogP contribution in [0, 0.1) is 0 Å². The van der Waals surface area contributed by atoms with Crippen LogP contribution in [0.2, 0.25) is 5.82 Å². The Bertz CT molecular complexity index is 126. The van der Waals surface area contributed by atoms with E-state index in [4.69, 9.17) is 7.85 Å². The van der Waals surface area contributed by atoms with Crippen LogP contribution in [-0.4, -0.2) is 19.8 Å². The van der Waals surface area contributed by atoms with Crippen LogP contribution in [0.25, 0.3) is 0 Å². The summed E-state index contributed by atoms with van der Waals surface area (Å²) in [6.45, 7) is 1.52. The second kappa shape index (κ2) is 2.42. The molecule has 9 heavy (non-hydrogen) atoms. The van der Waals surface area contributed by atoms with Crippen molar-refractivity contribution in [3.05, 3.63) is 0 Å². The highest BCUT2D eigenvalue weighted by atomic mass is 16.1. The minimum atomic E-state index is 0.0233. The lowest BCUT2D eigenvalue weighted by Gasteiger charge is -2.34. The van der Waals surface area contributed by atoms with Crippen LogP contribution in [0.4, 0.5) is 0 Å². The van der Waals surface area contributed by atoms with E-state index in [1.165, 1.54) is 6.92 Å². The second-order valence-electron chi connectivity index (χ2n) is 2.55. The van der Waals surface area contributed by atoms with Gasteiger partial charge in [0.25, 0.3) is 0 Å². The molecule has 1 N–H and O–H groups in total. The molecule has 0 aliphatic heterocycles. The highest BCUT2D eigenvalue weighted by molar-refractivity contribution is 6.13. The van der Waals surface area contributed by atoms with E-state index in [1.807, 2.05) is 0 Å². The van der Waals surface area contributed by atoms with E-state index >= 15 is 0 Å². The third-order valence-corrected chi connectivity index (χ3v) is 1.72. The monoisotopic (exact) mass is 123 g/mol. The minimum Gasteiger partial charge on any atom is -0.354 e. The molecule has 3 heteroatoms. The largest absolute Gasteiger partial charge is 0.354 e. The Hall–Kier alpha value is -0.465. The highest BCUT2D eigenvalue weighted by Gasteiger charge is 2.26. The Morgan fingerprint density at radius 2 is 2.33 bits per heavy atom. The summed E-state index contributed by atoms with van der Waals surface area (Å²) >= 11 is 0. The first kappa shape index (κ1) is 6.65. The maximum Gasteiger partial charge on any atom is 0.217 e. The normalized spacial score (nSPS) is 33.0. The van der Waals surface area contributed by atoms with Gasteiger partial charge in [-0.3, -0.25) is 4.79 Å². The van der Waals surface area contributed by atoms with Crippen molar-refractivity contribution in [1.29, 1.82) is 0 Å². The molecule has 2 radical (unpaired) electrons. The smallest absolute Gasteiger partial charge is 0.217 e. The third-order valence-electron chi connectivity index (χ3n) is 1.72. The van der Waals surface area contributed by atoms with Gasteiger partial charge in [0.05, 0.1) is 7.85 Å². The van der Waals surface area contributed by atoms with E-state index in [0.717, 1.165) is 12.8 Å². The summed E-state index contributed by atoms with van der Waals surface area (Å²) in [6, 6.07) is 0.252. The van der Waals surface area contributed by atoms with Gasteiger partial charge < -0.3 is 5.32 Å². The molecule has 2 nitrogen and oxygen atoms in total. The number of nitrogens with one attached hydrogen (secondary N) is 1. The Labute approximate surface area is 56.4 Å². The summed E-state index contributed by atoms with van der Waals surface area (Å²) in [5.74, 6) is 0.226. The van der Waals surface area contributed by atoms with Crippen LogP contribution in [0.5, 0.6) is 0 Å². The van der Waals surface area contributed by atoms with Crippen LogP contribution >= 0.6 is 0 Å². The van der Waals surface area contributed by atoms with Crippen molar-refractivity contribution in [2.45, 2.75) is 31.6 Å². The quantitative estimate of drug-likeness (QED) is 0.497. The van der Waals surface area contributed by atoms with Gasteiger partial charge in [-0.25, -0.2) is 0 Å². The van der Waals surface area contributed by atoms with Gasteiger partial charge in [0.1, 0.15) is 0 Å². The van der Waals surface area contributed by atoms with Crippen LogP contribution in [0.1, 0.15) is 19.8 Å². The Morgan fingerprint density at radius 1 is 1.67 bits per heavy atom. The lowest BCUT2D eigenvalue weighted by Crippen LogP contribution is -2.42. The number of carbonyl (C=O) groups is 1. The Kier molecular flexibility index (Phi) is 1.79. The molecule has 0 aromatic carbocycles. The highest BCUT2D eigenvalue weighted by Crippen LogP contribution is 2.29. The number of carbonyl (C=O) groups excluding carboxylic acids is 1. The summed E-state index contributed by atoms with van der Waals surface area (Å²) in [6.07, 6.45) is 2.09. The molecular weight excluding hydrogens is 113 g/mol. The lowest BCUT2D eigenvalue weighted by molar-refractivity contribution is -0.120. The third kappa shape index (κ3) is 1.47. The maximum atomic E-state index is 10.4. The molecule has 0 saturated heterocycles. The van der Waals surface area contributed by atoms with Crippen molar-refractivity contribution >= 4 is 13.8 Å². The van der Waals surface area contributed by atoms with Crippen LogP contribution in [0.15, 0.2) is 0 Å². The van der Waals surface area contributed by atoms with E-state index in [-0.39, 0.29) is 17.8 Å². The average molecular weight is 123 g/mol. The molecule has 1 aliphatic carbocycles. The first-order chi connectivity index (χ1) is 4.20. The predicted molar refractivity (Wildman–Crippen MR) is 36.3 cm³/mol. The summed E-state index contributed by atoms with van der Waals surface area (Å²) < 4.78 is 0. The first-order valence-corrected chi connectivity index (χ1v) is 3.23. The molecule has 0 unspecified atom stereocenters. The van der Waals surface area contributed by atoms with Crippen molar-refractivity contribution in [2.75, 3.05) is 0 Å². The fraction of sp³-hybridized carbons (Fsp3) is 0.833. The van der Waals surface area contributed by atoms with Gasteiger partial charge in [-0.05, 0) is 6.42 Å². The van der Waals surface area contributed by atoms with Gasteiger partial charge in [-0.1, -0.05) is 12.2 Å². The van der Waals surface area contributed by atoms with E-state index in [1.54, 1.807) is 0 Å². The molecular formula is C6H10BNO. The molecule has 0 bridgehead atoms. The molecule has 1 aliphatic rings. The van der Waals surface area contributed by atoms with E-state index in [9.17, 15) is 4.79 Å². The van der Waals surface area contributed by atoms with Gasteiger partial charge in [-0.2, -0.15) is 0 Å². The number of hydrogen-bond acceptors (Lipinski definition) is 1. The predicted octanol–water partition coefficient (Wildman–Crippen LogP) is 0.242. The standard InChI is InChI=1S/C6H10BNO/c1-4(9)8-6-3-2-5(6)7/h5-6H,2-3H2,1H3,(H,8,9)/t5-,6+/m0/s1. The van der Waals surface area contributed by atoms with E-state index < -0.39 is 0 Å². The topological polar surface area (TPSA) is 29.1 Å². The molecule has 1 saturated carbocycles. The zero-order valence-corrected chi connectivity index (χ0v) is 5.55. The lowest BCUT2D eigenvalue weighted by atomic mass is 9.67. The van der Waals surface area contributed by atoms with Crippen molar-refractivity contribution in [3.63, 3.8) is 0 Å². The average Bonchev–Trinajstić information content (AvgIpc) is 1.79. The fourth-order valence-electron chi connectivity index (χ4n) is 0.966. The van der Waals surface area contributed by atoms with Gasteiger partial charge in [0.2, 0.25) is 5.91 Å². The van der Waals surface area contributed by atoms with Crippen LogP contribution < -0.4 is 5.32 Å². The van der Waals surface area contributed by atoms with E-state index in [0.29, 0.717) is 0 Å². The fourth-order valence-corrected chi connectivity index (χ4v) is 0.966. The Balaban J connectivity index is 2.21. The molecule has 1 rings (SSSR count). The summed E-state index contributed by atoms with van der Waals surface area (Å²) in [4.78, 5) is 10.4. The van der Waals surface area contributed by atoms with Crippen molar-refractivity contribution < 1.29 is 4.79 Å². The van der Waals surface area contributed by atoms with Crippen molar-refractivity contribution in [3.8, 4) is 0 Å². The van der Waals surface area contributed by atoms with Gasteiger partial charge in [0, 0.05) is 13.0 Å². The minimum absolute atomic E-state index is 0.0233. The van der Waals surface area contributed by atoms with Crippen LogP contribution in [-0.2, 0) is 4.79 Å². The molecule has 0 spiro atoms. The number of rotatable bonds is 1. The van der Waals surface area contributed by atoms with Gasteiger partial charge in [0.15, 0.2) is 0 Å². The molecule has 1 fully saturated rings. The Morgan fingerprint density at radius 3 is 2.44 bits per heavy atom. The number of amides is 1. The molecule has 0 aromatic heterocycles. The van der Waals surface area contributed by atoms with Crippen molar-refractivity contribution in [2.24, 2.45) is 0 Å². The van der Waals surface area contributed by atoms with Crippen molar-refractivity contribution in [1.82, 2.24) is 5.32 Å². The summed E-state index contributed by atoms with van der Waals surface area (Å²) in [5.41, 5.74) is 0. The number of hydrogen-bond donors (Lipinski definition) is 1. The maximum absolute atomic E-state index is 10.4. The molecule has 0 aromatic rings. The molecule has 2 atom stereocenters. The van der Waals surface area contributed by atoms with Gasteiger partial charge in [-0.15, -0.1) is 0 Å². The first-order valence-electron chi connectivity index (χ1n) is 3.23. The summed E-state index contributed by atoms with van der Waals surface area (Å²) in [7, 11) is 5.56. The zero-order chi connectivity index (χ0) is 6.85. The molecule has 1 amide bonds. The summed E-state index contributed by atoms with van der Waals surface area (Å²) in [5, 5.41) is 2.77. The van der Waals surface area contributed by atoms with Gasteiger partial charge >= 0.3 is 0 Å². The zero-order valence-electron chi connectivity index (χ0n) is 5.55. The van der Waals surface area contributed by atoms with E-state index in [2.05, 4.69) is 5.32 Å². The second-order valence-corrected chi connectivity index (χ2v) is 2.55.